The quantitative estimate of drug-likeness (QED) is 0.502. The fraction of sp³-hybridized carbons (Fsp3) is 0.269. The Hall–Kier alpha value is -4.01. The van der Waals surface area contributed by atoms with Gasteiger partial charge in [0.15, 0.2) is 0 Å². The van der Waals surface area contributed by atoms with Gasteiger partial charge in [-0.2, -0.15) is 8.78 Å². The van der Waals surface area contributed by atoms with E-state index < -0.39 is 18.4 Å². The summed E-state index contributed by atoms with van der Waals surface area (Å²) in [5, 5.41) is 2.83. The van der Waals surface area contributed by atoms with Gasteiger partial charge in [-0.25, -0.2) is 4.98 Å². The molecule has 9 heteroatoms. The maximum absolute atomic E-state index is 13.0. The number of benzene rings is 2. The summed E-state index contributed by atoms with van der Waals surface area (Å²) in [6.45, 7) is -2.04. The highest BCUT2D eigenvalue weighted by atomic mass is 19.3. The molecule has 1 aliphatic heterocycles. The minimum Gasteiger partial charge on any atom is -0.473 e. The number of carbonyl (C=O) groups is 2. The highest BCUT2D eigenvalue weighted by Crippen LogP contribution is 2.26. The van der Waals surface area contributed by atoms with Gasteiger partial charge in [0.1, 0.15) is 12.4 Å². The van der Waals surface area contributed by atoms with Crippen LogP contribution in [0.4, 0.5) is 14.5 Å². The van der Waals surface area contributed by atoms with E-state index in [0.717, 1.165) is 5.56 Å². The molecular formula is C26H25F2N3O4. The van der Waals surface area contributed by atoms with Gasteiger partial charge in [-0.05, 0) is 36.6 Å². The van der Waals surface area contributed by atoms with E-state index in [2.05, 4.69) is 15.0 Å². The predicted octanol–water partition coefficient (Wildman–Crippen LogP) is 4.75. The molecule has 0 bridgehead atoms. The third-order valence-corrected chi connectivity index (χ3v) is 5.65. The number of carbonyl (C=O) groups excluding carboxylic acids is 2. The summed E-state index contributed by atoms with van der Waals surface area (Å²) in [5.41, 5.74) is 1.58. The Morgan fingerprint density at radius 2 is 1.83 bits per heavy atom. The molecule has 1 saturated heterocycles. The van der Waals surface area contributed by atoms with Crippen LogP contribution in [-0.4, -0.2) is 41.4 Å². The topological polar surface area (TPSA) is 80.8 Å². The minimum atomic E-state index is -3.03. The number of nitrogens with one attached hydrogen (secondary N) is 1. The Labute approximate surface area is 201 Å². The molecule has 2 heterocycles. The van der Waals surface area contributed by atoms with Crippen molar-refractivity contribution in [1.82, 2.24) is 9.88 Å². The number of amides is 2. The highest BCUT2D eigenvalue weighted by Gasteiger charge is 2.30. The molecule has 35 heavy (non-hydrogen) atoms. The smallest absolute Gasteiger partial charge is 0.387 e. The van der Waals surface area contributed by atoms with E-state index in [-0.39, 0.29) is 23.8 Å². The molecule has 4 rings (SSSR count). The zero-order valence-corrected chi connectivity index (χ0v) is 18.9. The van der Waals surface area contributed by atoms with E-state index in [1.54, 1.807) is 18.2 Å². The first-order valence-corrected chi connectivity index (χ1v) is 11.3. The van der Waals surface area contributed by atoms with Crippen LogP contribution in [0.3, 0.4) is 0 Å². The molecule has 2 aromatic carbocycles. The summed E-state index contributed by atoms with van der Waals surface area (Å²) >= 11 is 0. The van der Waals surface area contributed by atoms with E-state index in [4.69, 9.17) is 4.74 Å². The molecule has 1 atom stereocenters. The summed E-state index contributed by atoms with van der Waals surface area (Å²) in [4.78, 5) is 31.6. The fourth-order valence-corrected chi connectivity index (χ4v) is 3.90. The Kier molecular flexibility index (Phi) is 7.87. The predicted molar refractivity (Wildman–Crippen MR) is 125 cm³/mol. The Morgan fingerprint density at radius 1 is 1.06 bits per heavy atom. The normalized spacial score (nSPS) is 15.5. The fourth-order valence-electron chi connectivity index (χ4n) is 3.90. The van der Waals surface area contributed by atoms with Crippen LogP contribution in [0.25, 0.3) is 0 Å². The van der Waals surface area contributed by atoms with Crippen molar-refractivity contribution in [2.24, 2.45) is 5.92 Å². The Bertz CT molecular complexity index is 1140. The number of hydrogen-bond donors (Lipinski definition) is 1. The van der Waals surface area contributed by atoms with E-state index in [9.17, 15) is 18.4 Å². The minimum absolute atomic E-state index is 0.0455. The SMILES string of the molecule is O=C(Nc1ccc(OCc2ccccc2)nc1)C1CCCN(C(=O)c2ccccc2OC(F)F)C1. The van der Waals surface area contributed by atoms with Crippen molar-refractivity contribution in [3.63, 3.8) is 0 Å². The van der Waals surface area contributed by atoms with Gasteiger partial charge in [-0.1, -0.05) is 42.5 Å². The van der Waals surface area contributed by atoms with E-state index in [1.165, 1.54) is 29.3 Å². The number of ether oxygens (including phenoxy) is 2. The molecule has 2 amide bonds. The zero-order valence-electron chi connectivity index (χ0n) is 18.9. The van der Waals surface area contributed by atoms with Gasteiger partial charge in [0.25, 0.3) is 5.91 Å². The Morgan fingerprint density at radius 3 is 2.57 bits per heavy atom. The number of hydrogen-bond acceptors (Lipinski definition) is 5. The average Bonchev–Trinajstić information content (AvgIpc) is 2.88. The molecule has 1 fully saturated rings. The number of aromatic nitrogens is 1. The third-order valence-electron chi connectivity index (χ3n) is 5.65. The van der Waals surface area contributed by atoms with Crippen molar-refractivity contribution in [3.05, 3.63) is 84.1 Å². The maximum atomic E-state index is 13.0. The van der Waals surface area contributed by atoms with Gasteiger partial charge in [-0.3, -0.25) is 9.59 Å². The molecule has 3 aromatic rings. The largest absolute Gasteiger partial charge is 0.473 e. The summed E-state index contributed by atoms with van der Waals surface area (Å²) in [6.07, 6.45) is 2.74. The first kappa shape index (κ1) is 24.1. The number of pyridine rings is 1. The van der Waals surface area contributed by atoms with Crippen LogP contribution >= 0.6 is 0 Å². The lowest BCUT2D eigenvalue weighted by Crippen LogP contribution is -2.43. The molecule has 0 aliphatic carbocycles. The summed E-state index contributed by atoms with van der Waals surface area (Å²) < 4.78 is 35.6. The maximum Gasteiger partial charge on any atom is 0.387 e. The number of para-hydroxylation sites is 1. The van der Waals surface area contributed by atoms with Crippen molar-refractivity contribution in [2.75, 3.05) is 18.4 Å². The molecule has 1 unspecified atom stereocenters. The number of alkyl halides is 2. The third kappa shape index (κ3) is 6.53. The lowest BCUT2D eigenvalue weighted by molar-refractivity contribution is -0.121. The number of nitrogens with zero attached hydrogens (tertiary/aromatic N) is 2. The van der Waals surface area contributed by atoms with Crippen LogP contribution in [0.15, 0.2) is 72.9 Å². The molecular weight excluding hydrogens is 456 g/mol. The van der Waals surface area contributed by atoms with Crippen LogP contribution in [0, 0.1) is 5.92 Å². The lowest BCUT2D eigenvalue weighted by atomic mass is 9.96. The van der Waals surface area contributed by atoms with Gasteiger partial charge in [-0.15, -0.1) is 0 Å². The number of anilines is 1. The van der Waals surface area contributed by atoms with Gasteiger partial charge in [0, 0.05) is 19.2 Å². The van der Waals surface area contributed by atoms with Crippen molar-refractivity contribution in [2.45, 2.75) is 26.1 Å². The van der Waals surface area contributed by atoms with Crippen LogP contribution in [0.1, 0.15) is 28.8 Å². The Balaban J connectivity index is 1.33. The summed E-state index contributed by atoms with van der Waals surface area (Å²) in [5.74, 6) is -0.865. The molecule has 182 valence electrons. The second kappa shape index (κ2) is 11.4. The number of piperidine rings is 1. The molecule has 1 aliphatic rings. The van der Waals surface area contributed by atoms with E-state index >= 15 is 0 Å². The van der Waals surface area contributed by atoms with Crippen molar-refractivity contribution < 1.29 is 27.8 Å². The molecule has 0 saturated carbocycles. The van der Waals surface area contributed by atoms with Gasteiger partial charge >= 0.3 is 6.61 Å². The van der Waals surface area contributed by atoms with Crippen molar-refractivity contribution >= 4 is 17.5 Å². The lowest BCUT2D eigenvalue weighted by Gasteiger charge is -2.32. The van der Waals surface area contributed by atoms with Gasteiger partial charge < -0.3 is 19.7 Å². The summed E-state index contributed by atoms with van der Waals surface area (Å²) in [7, 11) is 0. The number of halogens is 2. The average molecular weight is 481 g/mol. The first-order valence-electron chi connectivity index (χ1n) is 11.3. The first-order chi connectivity index (χ1) is 17.0. The molecule has 0 spiro atoms. The van der Waals surface area contributed by atoms with Crippen molar-refractivity contribution in [1.29, 1.82) is 0 Å². The monoisotopic (exact) mass is 481 g/mol. The molecule has 0 radical (unpaired) electrons. The van der Waals surface area contributed by atoms with Gasteiger partial charge in [0.2, 0.25) is 11.8 Å². The van der Waals surface area contributed by atoms with Gasteiger partial charge in [0.05, 0.1) is 23.4 Å². The second-order valence-electron chi connectivity index (χ2n) is 8.11. The van der Waals surface area contributed by atoms with E-state index in [0.29, 0.717) is 37.6 Å². The van der Waals surface area contributed by atoms with Crippen LogP contribution < -0.4 is 14.8 Å². The number of rotatable bonds is 8. The van der Waals surface area contributed by atoms with Crippen molar-refractivity contribution in [3.8, 4) is 11.6 Å². The molecule has 7 nitrogen and oxygen atoms in total. The summed E-state index contributed by atoms with van der Waals surface area (Å²) in [6, 6.07) is 19.0. The van der Waals surface area contributed by atoms with Crippen LogP contribution in [0.2, 0.25) is 0 Å². The van der Waals surface area contributed by atoms with Crippen LogP contribution in [-0.2, 0) is 11.4 Å². The molecule has 1 aromatic heterocycles. The second-order valence-corrected chi connectivity index (χ2v) is 8.11. The van der Waals surface area contributed by atoms with Crippen LogP contribution in [0.5, 0.6) is 11.6 Å². The molecule has 1 N–H and O–H groups in total. The zero-order chi connectivity index (χ0) is 24.6. The standard InChI is InChI=1S/C26H25F2N3O4/c27-26(28)35-22-11-5-4-10-21(22)25(33)31-14-6-9-19(16-31)24(32)30-20-12-13-23(29-15-20)34-17-18-7-2-1-3-8-18/h1-5,7-8,10-13,15,19,26H,6,9,14,16-17H2,(H,30,32). The highest BCUT2D eigenvalue weighted by molar-refractivity contribution is 5.98. The van der Waals surface area contributed by atoms with E-state index in [1.807, 2.05) is 30.3 Å². The number of likely N-dealkylation sites (tertiary alicyclic amines) is 1.